The topological polar surface area (TPSA) is 50.9 Å². The van der Waals surface area contributed by atoms with Gasteiger partial charge >= 0.3 is 0 Å². The summed E-state index contributed by atoms with van der Waals surface area (Å²) in [6, 6.07) is 0. The van der Waals surface area contributed by atoms with Crippen LogP contribution >= 0.6 is 0 Å². The molecule has 0 radical (unpaired) electrons. The van der Waals surface area contributed by atoms with Crippen LogP contribution in [-0.4, -0.2) is 26.5 Å². The van der Waals surface area contributed by atoms with Crippen LogP contribution in [0.1, 0.15) is 24.5 Å². The quantitative estimate of drug-likeness (QED) is 0.674. The summed E-state index contributed by atoms with van der Waals surface area (Å²) in [5.74, 6) is 1.77. The van der Waals surface area contributed by atoms with E-state index in [-0.39, 0.29) is 6.61 Å². The lowest BCUT2D eigenvalue weighted by Gasteiger charge is -2.00. The molecular weight excluding hydrogens is 154 g/mol. The van der Waals surface area contributed by atoms with E-state index in [0.29, 0.717) is 0 Å². The summed E-state index contributed by atoms with van der Waals surface area (Å²) in [6.45, 7) is 4.94. The third-order valence-corrected chi connectivity index (χ3v) is 1.74. The van der Waals surface area contributed by atoms with Gasteiger partial charge in [0.15, 0.2) is 0 Å². The van der Waals surface area contributed by atoms with Crippen molar-refractivity contribution in [2.45, 2.75) is 33.2 Å². The summed E-state index contributed by atoms with van der Waals surface area (Å²) in [4.78, 5) is 4.18. The van der Waals surface area contributed by atoms with Gasteiger partial charge in [-0.25, -0.2) is 4.98 Å². The molecule has 1 heterocycles. The molecule has 1 aromatic rings. The van der Waals surface area contributed by atoms with Crippen molar-refractivity contribution in [3.8, 4) is 0 Å². The third-order valence-electron chi connectivity index (χ3n) is 1.74. The van der Waals surface area contributed by atoms with Crippen molar-refractivity contribution in [1.82, 2.24) is 14.8 Å². The van der Waals surface area contributed by atoms with Gasteiger partial charge in [0.25, 0.3) is 0 Å². The maximum absolute atomic E-state index is 8.57. The molecule has 0 bridgehead atoms. The van der Waals surface area contributed by atoms with Gasteiger partial charge in [0.2, 0.25) is 0 Å². The number of aromatic nitrogens is 3. The Bertz CT molecular complexity index is 244. The molecule has 0 saturated heterocycles. The molecule has 12 heavy (non-hydrogen) atoms. The second kappa shape index (κ2) is 4.21. The van der Waals surface area contributed by atoms with E-state index in [1.807, 2.05) is 18.5 Å². The monoisotopic (exact) mass is 169 g/mol. The van der Waals surface area contributed by atoms with E-state index < -0.39 is 0 Å². The Morgan fingerprint density at radius 2 is 2.08 bits per heavy atom. The maximum atomic E-state index is 8.57. The highest BCUT2D eigenvalue weighted by Gasteiger charge is 2.00. The molecule has 1 aromatic heterocycles. The van der Waals surface area contributed by atoms with Gasteiger partial charge in [0.1, 0.15) is 11.6 Å². The maximum Gasteiger partial charge on any atom is 0.147 e. The van der Waals surface area contributed by atoms with Gasteiger partial charge in [-0.05, 0) is 26.7 Å². The Balaban J connectivity index is 2.45. The number of aliphatic hydroxyl groups excluding tert-OH is 1. The standard InChI is InChI=1S/C8H15N3O/c1-7-9-8(2)11(10-7)5-3-4-6-12/h12H,3-6H2,1-2H3. The van der Waals surface area contributed by atoms with Crippen LogP contribution in [0.3, 0.4) is 0 Å². The lowest BCUT2D eigenvalue weighted by atomic mass is 10.3. The molecule has 1 rings (SSSR count). The van der Waals surface area contributed by atoms with Crippen molar-refractivity contribution in [3.63, 3.8) is 0 Å². The smallest absolute Gasteiger partial charge is 0.147 e. The van der Waals surface area contributed by atoms with Crippen LogP contribution in [-0.2, 0) is 6.54 Å². The summed E-state index contributed by atoms with van der Waals surface area (Å²) in [7, 11) is 0. The fourth-order valence-electron chi connectivity index (χ4n) is 1.15. The predicted molar refractivity (Wildman–Crippen MR) is 45.8 cm³/mol. The molecule has 1 N–H and O–H groups in total. The van der Waals surface area contributed by atoms with Crippen LogP contribution in [0, 0.1) is 13.8 Å². The summed E-state index contributed by atoms with van der Waals surface area (Å²) < 4.78 is 1.88. The van der Waals surface area contributed by atoms with Crippen molar-refractivity contribution in [2.24, 2.45) is 0 Å². The Kier molecular flexibility index (Phi) is 3.22. The van der Waals surface area contributed by atoms with E-state index in [1.165, 1.54) is 0 Å². The molecule has 0 aliphatic rings. The Labute approximate surface area is 72.2 Å². The second-order valence-corrected chi connectivity index (χ2v) is 2.86. The molecule has 4 nitrogen and oxygen atoms in total. The van der Waals surface area contributed by atoms with Crippen LogP contribution in [0.5, 0.6) is 0 Å². The molecule has 68 valence electrons. The first-order valence-electron chi connectivity index (χ1n) is 4.23. The number of hydrogen-bond donors (Lipinski definition) is 1. The molecule has 0 aromatic carbocycles. The lowest BCUT2D eigenvalue weighted by molar-refractivity contribution is 0.280. The Hall–Kier alpha value is -0.900. The fourth-order valence-corrected chi connectivity index (χ4v) is 1.15. The molecule has 0 aliphatic carbocycles. The van der Waals surface area contributed by atoms with Crippen molar-refractivity contribution >= 4 is 0 Å². The first kappa shape index (κ1) is 9.19. The van der Waals surface area contributed by atoms with Crippen molar-refractivity contribution in [1.29, 1.82) is 0 Å². The third kappa shape index (κ3) is 2.30. The first-order chi connectivity index (χ1) is 5.74. The average molecular weight is 169 g/mol. The van der Waals surface area contributed by atoms with E-state index in [1.54, 1.807) is 0 Å². The lowest BCUT2D eigenvalue weighted by Crippen LogP contribution is -2.03. The van der Waals surface area contributed by atoms with E-state index >= 15 is 0 Å². The van der Waals surface area contributed by atoms with Gasteiger partial charge < -0.3 is 5.11 Å². The zero-order chi connectivity index (χ0) is 8.97. The van der Waals surface area contributed by atoms with Crippen molar-refractivity contribution < 1.29 is 5.11 Å². The normalized spacial score (nSPS) is 10.6. The number of aliphatic hydroxyl groups is 1. The van der Waals surface area contributed by atoms with E-state index in [4.69, 9.17) is 5.11 Å². The largest absolute Gasteiger partial charge is 0.396 e. The van der Waals surface area contributed by atoms with Crippen LogP contribution in [0.25, 0.3) is 0 Å². The molecule has 0 unspecified atom stereocenters. The van der Waals surface area contributed by atoms with Crippen molar-refractivity contribution in [3.05, 3.63) is 11.6 Å². The minimum absolute atomic E-state index is 0.257. The van der Waals surface area contributed by atoms with Gasteiger partial charge in [0.05, 0.1) is 0 Å². The highest BCUT2D eigenvalue weighted by atomic mass is 16.2. The summed E-state index contributed by atoms with van der Waals surface area (Å²) in [6.07, 6.45) is 1.79. The molecule has 0 saturated carbocycles. The summed E-state index contributed by atoms with van der Waals surface area (Å²) in [5.41, 5.74) is 0. The molecule has 0 atom stereocenters. The van der Waals surface area contributed by atoms with E-state index in [9.17, 15) is 0 Å². The highest BCUT2D eigenvalue weighted by molar-refractivity contribution is 4.87. The summed E-state index contributed by atoms with van der Waals surface area (Å²) in [5, 5.41) is 12.8. The summed E-state index contributed by atoms with van der Waals surface area (Å²) >= 11 is 0. The highest BCUT2D eigenvalue weighted by Crippen LogP contribution is 1.98. The number of aryl methyl sites for hydroxylation is 3. The minimum Gasteiger partial charge on any atom is -0.396 e. The van der Waals surface area contributed by atoms with Gasteiger partial charge in [-0.3, -0.25) is 4.68 Å². The molecular formula is C8H15N3O. The molecule has 0 fully saturated rings. The van der Waals surface area contributed by atoms with Crippen LogP contribution < -0.4 is 0 Å². The number of nitrogens with zero attached hydrogens (tertiary/aromatic N) is 3. The van der Waals surface area contributed by atoms with Gasteiger partial charge in [-0.2, -0.15) is 5.10 Å². The molecule has 4 heteroatoms. The zero-order valence-electron chi connectivity index (χ0n) is 7.62. The zero-order valence-corrected chi connectivity index (χ0v) is 7.62. The molecule has 0 aliphatic heterocycles. The van der Waals surface area contributed by atoms with Crippen molar-refractivity contribution in [2.75, 3.05) is 6.61 Å². The fraction of sp³-hybridized carbons (Fsp3) is 0.750. The van der Waals surface area contributed by atoms with Gasteiger partial charge in [0, 0.05) is 13.2 Å². The van der Waals surface area contributed by atoms with Crippen LogP contribution in [0.4, 0.5) is 0 Å². The van der Waals surface area contributed by atoms with Gasteiger partial charge in [-0.1, -0.05) is 0 Å². The van der Waals surface area contributed by atoms with E-state index in [2.05, 4.69) is 10.1 Å². The Morgan fingerprint density at radius 3 is 2.58 bits per heavy atom. The van der Waals surface area contributed by atoms with Gasteiger partial charge in [-0.15, -0.1) is 0 Å². The Morgan fingerprint density at radius 1 is 1.33 bits per heavy atom. The first-order valence-corrected chi connectivity index (χ1v) is 4.23. The average Bonchev–Trinajstić information content (AvgIpc) is 2.31. The van der Waals surface area contributed by atoms with Crippen LogP contribution in [0.2, 0.25) is 0 Å². The number of hydrogen-bond acceptors (Lipinski definition) is 3. The van der Waals surface area contributed by atoms with Crippen LogP contribution in [0.15, 0.2) is 0 Å². The predicted octanol–water partition coefficient (Wildman–Crippen LogP) is 0.667. The second-order valence-electron chi connectivity index (χ2n) is 2.86. The molecule has 0 amide bonds. The van der Waals surface area contributed by atoms with E-state index in [0.717, 1.165) is 31.0 Å². The number of rotatable bonds is 4. The molecule has 0 spiro atoms. The SMILES string of the molecule is Cc1nc(C)n(CCCCO)n1. The number of unbranched alkanes of at least 4 members (excludes halogenated alkanes) is 1. The minimum atomic E-state index is 0.257.